The second-order valence-electron chi connectivity index (χ2n) is 8.80. The van der Waals surface area contributed by atoms with E-state index in [-0.39, 0.29) is 34.9 Å². The highest BCUT2D eigenvalue weighted by Crippen LogP contribution is 2.46. The molecule has 0 aromatic heterocycles. The summed E-state index contributed by atoms with van der Waals surface area (Å²) in [5.74, 6) is -3.39. The van der Waals surface area contributed by atoms with Crippen molar-refractivity contribution in [1.29, 1.82) is 0 Å². The fourth-order valence-electron chi connectivity index (χ4n) is 4.56. The van der Waals surface area contributed by atoms with Gasteiger partial charge in [0.05, 0.1) is 26.3 Å². The molecule has 3 aromatic rings. The van der Waals surface area contributed by atoms with Crippen LogP contribution < -0.4 is 14.8 Å². The number of alkyl halides is 3. The number of amides is 2. The van der Waals surface area contributed by atoms with Crippen molar-refractivity contribution in [2.45, 2.75) is 25.2 Å². The van der Waals surface area contributed by atoms with Gasteiger partial charge in [-0.25, -0.2) is 0 Å². The topological polar surface area (TPSA) is 84.9 Å². The smallest absolute Gasteiger partial charge is 0.425 e. The maximum atomic E-state index is 15.1. The third-order valence-electron chi connectivity index (χ3n) is 6.53. The van der Waals surface area contributed by atoms with Gasteiger partial charge >= 0.3 is 6.18 Å². The number of Topliss-reactive ketones (excluding diaryl/α,β-unsaturated/α-hetero) is 1. The first kappa shape index (κ1) is 27.4. The second kappa shape index (κ2) is 10.6. The van der Waals surface area contributed by atoms with E-state index in [4.69, 9.17) is 9.47 Å². The first-order valence-electron chi connectivity index (χ1n) is 11.8. The molecule has 1 atom stereocenters. The van der Waals surface area contributed by atoms with Gasteiger partial charge < -0.3 is 19.7 Å². The van der Waals surface area contributed by atoms with Gasteiger partial charge in [0.2, 0.25) is 5.54 Å². The molecular formula is C29H25F3N2O5. The number of ketones is 1. The summed E-state index contributed by atoms with van der Waals surface area (Å²) in [4.78, 5) is 41.6. The molecule has 39 heavy (non-hydrogen) atoms. The molecule has 2 amide bonds. The first-order chi connectivity index (χ1) is 18.5. The number of ether oxygens (including phenoxy) is 2. The van der Waals surface area contributed by atoms with E-state index < -0.39 is 34.9 Å². The molecule has 0 radical (unpaired) electrons. The van der Waals surface area contributed by atoms with Crippen molar-refractivity contribution in [3.63, 3.8) is 0 Å². The number of allylic oxidation sites excluding steroid dienone is 1. The summed E-state index contributed by atoms with van der Waals surface area (Å²) in [6.07, 6.45) is -5.37. The zero-order valence-corrected chi connectivity index (χ0v) is 21.3. The van der Waals surface area contributed by atoms with Gasteiger partial charge in [-0.15, -0.1) is 0 Å². The van der Waals surface area contributed by atoms with Crippen LogP contribution in [0.5, 0.6) is 11.5 Å². The van der Waals surface area contributed by atoms with Crippen LogP contribution in [0.4, 0.5) is 13.2 Å². The summed E-state index contributed by atoms with van der Waals surface area (Å²) >= 11 is 0. The van der Waals surface area contributed by atoms with Crippen LogP contribution in [0, 0.1) is 0 Å². The fourth-order valence-corrected chi connectivity index (χ4v) is 4.56. The summed E-state index contributed by atoms with van der Waals surface area (Å²) in [7, 11) is 2.67. The minimum Gasteiger partial charge on any atom is -0.493 e. The average molecular weight is 539 g/mol. The average Bonchev–Trinajstić information content (AvgIpc) is 3.15. The van der Waals surface area contributed by atoms with Crippen molar-refractivity contribution >= 4 is 17.6 Å². The van der Waals surface area contributed by atoms with E-state index >= 15 is 13.2 Å². The normalized spacial score (nSPS) is 17.3. The van der Waals surface area contributed by atoms with Crippen LogP contribution in [0.15, 0.2) is 90.1 Å². The number of hydrogen-bond acceptors (Lipinski definition) is 5. The Labute approximate surface area is 222 Å². The Morgan fingerprint density at radius 2 is 1.46 bits per heavy atom. The van der Waals surface area contributed by atoms with Crippen LogP contribution in [0.25, 0.3) is 0 Å². The number of carbonyl (C=O) groups excluding carboxylic acids is 3. The molecule has 0 saturated heterocycles. The SMILES string of the molecule is COc1ccc(C(=O)N[C@@]2(C(F)(F)F)C(=O)N(Cc3ccccc3)C(C)=C2C(=O)c2ccccc2)cc1OC. The number of carbonyl (C=O) groups is 3. The van der Waals surface area contributed by atoms with Crippen molar-refractivity contribution in [3.8, 4) is 11.5 Å². The highest BCUT2D eigenvalue weighted by molar-refractivity contribution is 6.19. The van der Waals surface area contributed by atoms with Crippen molar-refractivity contribution in [3.05, 3.63) is 107 Å². The lowest BCUT2D eigenvalue weighted by atomic mass is 9.84. The number of halogens is 3. The highest BCUT2D eigenvalue weighted by Gasteiger charge is 2.70. The molecule has 3 aromatic carbocycles. The van der Waals surface area contributed by atoms with E-state index in [1.807, 2.05) is 5.32 Å². The number of hydrogen-bond donors (Lipinski definition) is 1. The number of benzene rings is 3. The number of nitrogens with zero attached hydrogens (tertiary/aromatic N) is 1. The van der Waals surface area contributed by atoms with Crippen molar-refractivity contribution < 1.29 is 37.0 Å². The summed E-state index contributed by atoms with van der Waals surface area (Å²) in [5, 5.41) is 1.90. The predicted molar refractivity (Wildman–Crippen MR) is 136 cm³/mol. The second-order valence-corrected chi connectivity index (χ2v) is 8.80. The number of nitrogens with one attached hydrogen (secondary N) is 1. The van der Waals surface area contributed by atoms with Gasteiger partial charge in [-0.05, 0) is 30.7 Å². The van der Waals surface area contributed by atoms with Crippen LogP contribution >= 0.6 is 0 Å². The van der Waals surface area contributed by atoms with Crippen molar-refractivity contribution in [2.75, 3.05) is 14.2 Å². The Kier molecular flexibility index (Phi) is 7.49. The molecule has 0 bridgehead atoms. The van der Waals surface area contributed by atoms with Crippen LogP contribution in [0.2, 0.25) is 0 Å². The first-order valence-corrected chi connectivity index (χ1v) is 11.8. The lowest BCUT2D eigenvalue weighted by molar-refractivity contribution is -0.189. The van der Waals surface area contributed by atoms with E-state index in [1.165, 1.54) is 63.6 Å². The molecule has 1 N–H and O–H groups in total. The van der Waals surface area contributed by atoms with Gasteiger partial charge in [0.15, 0.2) is 17.3 Å². The molecule has 0 saturated carbocycles. The van der Waals surface area contributed by atoms with E-state index in [9.17, 15) is 14.4 Å². The molecule has 1 heterocycles. The molecule has 202 valence electrons. The van der Waals surface area contributed by atoms with E-state index in [1.54, 1.807) is 36.4 Å². The van der Waals surface area contributed by atoms with Crippen LogP contribution in [0.3, 0.4) is 0 Å². The van der Waals surface area contributed by atoms with Crippen molar-refractivity contribution in [2.24, 2.45) is 0 Å². The predicted octanol–water partition coefficient (Wildman–Crippen LogP) is 4.93. The molecule has 1 aliphatic heterocycles. The lowest BCUT2D eigenvalue weighted by Gasteiger charge is -2.33. The molecule has 0 fully saturated rings. The summed E-state index contributed by atoms with van der Waals surface area (Å²) < 4.78 is 55.7. The maximum Gasteiger partial charge on any atom is 0.425 e. The Hall–Kier alpha value is -4.60. The van der Waals surface area contributed by atoms with Crippen LogP contribution in [0.1, 0.15) is 33.2 Å². The molecule has 0 aliphatic carbocycles. The van der Waals surface area contributed by atoms with Crippen molar-refractivity contribution in [1.82, 2.24) is 10.2 Å². The molecule has 1 aliphatic rings. The third kappa shape index (κ3) is 4.85. The summed E-state index contributed by atoms with van der Waals surface area (Å²) in [6.45, 7) is 1.04. The zero-order valence-electron chi connectivity index (χ0n) is 21.3. The summed E-state index contributed by atoms with van der Waals surface area (Å²) in [6, 6.07) is 19.5. The number of rotatable bonds is 8. The van der Waals surface area contributed by atoms with E-state index in [2.05, 4.69) is 0 Å². The molecule has 0 unspecified atom stereocenters. The van der Waals surface area contributed by atoms with Crippen LogP contribution in [-0.4, -0.2) is 48.4 Å². The maximum absolute atomic E-state index is 15.1. The fraction of sp³-hybridized carbons (Fsp3) is 0.207. The Morgan fingerprint density at radius 3 is 2.03 bits per heavy atom. The largest absolute Gasteiger partial charge is 0.493 e. The third-order valence-corrected chi connectivity index (χ3v) is 6.53. The zero-order chi connectivity index (χ0) is 28.4. The molecular weight excluding hydrogens is 513 g/mol. The van der Waals surface area contributed by atoms with E-state index in [0.717, 1.165) is 4.90 Å². The highest BCUT2D eigenvalue weighted by atomic mass is 19.4. The monoisotopic (exact) mass is 538 g/mol. The minimum atomic E-state index is -5.37. The number of methoxy groups -OCH3 is 2. The Balaban J connectivity index is 1.88. The minimum absolute atomic E-state index is 0.0600. The molecule has 4 rings (SSSR count). The summed E-state index contributed by atoms with van der Waals surface area (Å²) in [5.41, 5.74) is -4.45. The molecule has 0 spiro atoms. The molecule has 10 heteroatoms. The van der Waals surface area contributed by atoms with Gasteiger partial charge in [0.25, 0.3) is 11.8 Å². The standard InChI is InChI=1S/C29H25F3N2O5/c1-18-24(25(35)20-12-8-5-9-13-20)28(29(30,31)32,27(37)34(18)17-19-10-6-4-7-11-19)33-26(36)21-14-15-22(38-2)23(16-21)39-3/h4-16H,17H2,1-3H3,(H,33,36)/t28-/m1/s1. The van der Waals surface area contributed by atoms with Gasteiger partial charge in [-0.1, -0.05) is 60.7 Å². The van der Waals surface area contributed by atoms with Crippen LogP contribution in [-0.2, 0) is 11.3 Å². The quantitative estimate of drug-likeness (QED) is 0.411. The lowest BCUT2D eigenvalue weighted by Crippen LogP contribution is -2.66. The molecule has 7 nitrogen and oxygen atoms in total. The van der Waals surface area contributed by atoms with Gasteiger partial charge in [-0.2, -0.15) is 13.2 Å². The van der Waals surface area contributed by atoms with E-state index in [0.29, 0.717) is 5.56 Å². The van der Waals surface area contributed by atoms with Gasteiger partial charge in [0, 0.05) is 16.8 Å². The Morgan fingerprint density at radius 1 is 0.872 bits per heavy atom. The van der Waals surface area contributed by atoms with Gasteiger partial charge in [-0.3, -0.25) is 14.4 Å². The Bertz CT molecular complexity index is 1440. The van der Waals surface area contributed by atoms with Gasteiger partial charge in [0.1, 0.15) is 0 Å².